The first-order valence-corrected chi connectivity index (χ1v) is 4.40. The van der Waals surface area contributed by atoms with Crippen molar-refractivity contribution in [2.75, 3.05) is 6.61 Å². The van der Waals surface area contributed by atoms with Gasteiger partial charge in [-0.3, -0.25) is 0 Å². The Morgan fingerprint density at radius 2 is 2.50 bits per heavy atom. The molecule has 0 saturated heterocycles. The molecule has 1 aromatic heterocycles. The third-order valence-electron chi connectivity index (χ3n) is 1.60. The number of hydrogen-bond acceptors (Lipinski definition) is 3. The first-order valence-electron chi connectivity index (χ1n) is 3.32. The van der Waals surface area contributed by atoms with Crippen molar-refractivity contribution in [3.8, 4) is 5.88 Å². The second-order valence-electron chi connectivity index (χ2n) is 2.34. The normalized spacial score (nSPS) is 14.1. The van der Waals surface area contributed by atoms with Crippen molar-refractivity contribution in [2.45, 2.75) is 6.54 Å². The molecule has 0 amide bonds. The van der Waals surface area contributed by atoms with E-state index in [1.165, 1.54) is 0 Å². The molecule has 5 nitrogen and oxygen atoms in total. The van der Waals surface area contributed by atoms with E-state index in [2.05, 4.69) is 5.10 Å². The number of fused-ring (bicyclic) bond motifs is 1. The molecule has 0 bridgehead atoms. The molecule has 6 heteroatoms. The Hall–Kier alpha value is -0.790. The minimum Gasteiger partial charge on any atom is -0.476 e. The van der Waals surface area contributed by atoms with Crippen LogP contribution in [0.25, 0.3) is 0 Å². The predicted octanol–water partition coefficient (Wildman–Crippen LogP) is 0.578. The molecular weight excluding hydrogens is 275 g/mol. The quantitative estimate of drug-likeness (QED) is 0.764. The number of nitrogens with zero attached hydrogens (tertiary/aromatic N) is 2. The summed E-state index contributed by atoms with van der Waals surface area (Å²) in [6.07, 6.45) is 0. The van der Waals surface area contributed by atoms with Gasteiger partial charge in [-0.05, 0) is 22.6 Å². The van der Waals surface area contributed by atoms with Crippen molar-refractivity contribution in [2.24, 2.45) is 0 Å². The van der Waals surface area contributed by atoms with Crippen molar-refractivity contribution in [1.29, 1.82) is 0 Å². The summed E-state index contributed by atoms with van der Waals surface area (Å²) >= 11 is 1.93. The zero-order valence-electron chi connectivity index (χ0n) is 5.95. The van der Waals surface area contributed by atoms with E-state index in [0.29, 0.717) is 22.6 Å². The fourth-order valence-corrected chi connectivity index (χ4v) is 1.85. The van der Waals surface area contributed by atoms with E-state index in [1.54, 1.807) is 4.68 Å². The van der Waals surface area contributed by atoms with Gasteiger partial charge in [-0.2, -0.15) is 5.10 Å². The van der Waals surface area contributed by atoms with Gasteiger partial charge in [-0.25, -0.2) is 9.48 Å². The molecule has 0 saturated carbocycles. The number of carbonyl (C=O) groups is 1. The van der Waals surface area contributed by atoms with Crippen LogP contribution in [0, 0.1) is 3.57 Å². The molecule has 1 aliphatic heterocycles. The van der Waals surface area contributed by atoms with Gasteiger partial charge in [0.15, 0.2) is 5.69 Å². The summed E-state index contributed by atoms with van der Waals surface area (Å²) in [4.78, 5) is 10.6. The lowest BCUT2D eigenvalue weighted by Gasteiger charge is -1.91. The van der Waals surface area contributed by atoms with Crippen LogP contribution in [-0.2, 0) is 6.54 Å². The number of carboxylic acids is 1. The van der Waals surface area contributed by atoms with Gasteiger partial charge in [0.25, 0.3) is 0 Å². The Labute approximate surface area is 81.5 Å². The minimum atomic E-state index is -1.01. The molecule has 2 rings (SSSR count). The van der Waals surface area contributed by atoms with E-state index in [4.69, 9.17) is 9.84 Å². The van der Waals surface area contributed by atoms with Crippen LogP contribution in [0.15, 0.2) is 0 Å². The van der Waals surface area contributed by atoms with Gasteiger partial charge in [-0.15, -0.1) is 0 Å². The maximum atomic E-state index is 10.6. The molecule has 2 heterocycles. The molecule has 0 spiro atoms. The number of carboxylic acid groups (broad SMARTS) is 1. The molecular formula is C6H5IN2O3. The summed E-state index contributed by atoms with van der Waals surface area (Å²) in [5.41, 5.74) is 0.0744. The zero-order valence-corrected chi connectivity index (χ0v) is 8.11. The van der Waals surface area contributed by atoms with E-state index in [-0.39, 0.29) is 5.69 Å². The van der Waals surface area contributed by atoms with Crippen LogP contribution in [0.3, 0.4) is 0 Å². The van der Waals surface area contributed by atoms with Crippen LogP contribution in [0.4, 0.5) is 0 Å². The third-order valence-corrected chi connectivity index (χ3v) is 2.57. The van der Waals surface area contributed by atoms with Crippen molar-refractivity contribution in [1.82, 2.24) is 9.78 Å². The molecule has 12 heavy (non-hydrogen) atoms. The number of halogens is 1. The molecule has 0 aliphatic carbocycles. The van der Waals surface area contributed by atoms with Gasteiger partial charge in [0, 0.05) is 0 Å². The fraction of sp³-hybridized carbons (Fsp3) is 0.333. The van der Waals surface area contributed by atoms with Crippen molar-refractivity contribution < 1.29 is 14.6 Å². The smallest absolute Gasteiger partial charge is 0.357 e. The molecule has 1 N–H and O–H groups in total. The molecule has 0 unspecified atom stereocenters. The molecule has 0 fully saturated rings. The number of hydrogen-bond donors (Lipinski definition) is 1. The van der Waals surface area contributed by atoms with Crippen LogP contribution in [0.1, 0.15) is 10.5 Å². The lowest BCUT2D eigenvalue weighted by Crippen LogP contribution is -2.03. The van der Waals surface area contributed by atoms with Gasteiger partial charge in [0.2, 0.25) is 5.88 Å². The Morgan fingerprint density at radius 3 is 3.08 bits per heavy atom. The van der Waals surface area contributed by atoms with Crippen LogP contribution >= 0.6 is 22.6 Å². The van der Waals surface area contributed by atoms with Gasteiger partial charge in [0.05, 0.1) is 6.54 Å². The molecule has 1 aliphatic rings. The van der Waals surface area contributed by atoms with E-state index in [0.717, 1.165) is 0 Å². The minimum absolute atomic E-state index is 0.0744. The maximum Gasteiger partial charge on any atom is 0.357 e. The average Bonchev–Trinajstić information content (AvgIpc) is 2.53. The second-order valence-corrected chi connectivity index (χ2v) is 3.42. The van der Waals surface area contributed by atoms with E-state index in [9.17, 15) is 4.79 Å². The SMILES string of the molecule is O=C(O)c1nn2c(c1I)OCC2. The number of aromatic nitrogens is 2. The zero-order chi connectivity index (χ0) is 8.72. The van der Waals surface area contributed by atoms with Gasteiger partial charge >= 0.3 is 5.97 Å². The third kappa shape index (κ3) is 0.977. The van der Waals surface area contributed by atoms with Crippen molar-refractivity contribution in [3.05, 3.63) is 9.26 Å². The van der Waals surface area contributed by atoms with Crippen LogP contribution in [0.5, 0.6) is 5.88 Å². The Kier molecular flexibility index (Phi) is 1.71. The number of aromatic carboxylic acids is 1. The summed E-state index contributed by atoms with van der Waals surface area (Å²) < 4.78 is 7.35. The van der Waals surface area contributed by atoms with E-state index in [1.807, 2.05) is 22.6 Å². The summed E-state index contributed by atoms with van der Waals surface area (Å²) in [6.45, 7) is 1.22. The highest BCUT2D eigenvalue weighted by molar-refractivity contribution is 14.1. The Balaban J connectivity index is 2.54. The van der Waals surface area contributed by atoms with Gasteiger partial charge in [-0.1, -0.05) is 0 Å². The monoisotopic (exact) mass is 280 g/mol. The maximum absolute atomic E-state index is 10.6. The fourth-order valence-electron chi connectivity index (χ4n) is 1.08. The molecule has 1 aromatic rings. The summed E-state index contributed by atoms with van der Waals surface area (Å²) in [6, 6.07) is 0. The summed E-state index contributed by atoms with van der Waals surface area (Å²) in [5, 5.41) is 12.6. The molecule has 0 aromatic carbocycles. The summed E-state index contributed by atoms with van der Waals surface area (Å²) in [5.74, 6) is -0.432. The van der Waals surface area contributed by atoms with Gasteiger partial charge in [0.1, 0.15) is 10.2 Å². The highest BCUT2D eigenvalue weighted by atomic mass is 127. The highest BCUT2D eigenvalue weighted by Gasteiger charge is 2.24. The van der Waals surface area contributed by atoms with Crippen LogP contribution in [-0.4, -0.2) is 27.5 Å². The van der Waals surface area contributed by atoms with E-state index < -0.39 is 5.97 Å². The van der Waals surface area contributed by atoms with Gasteiger partial charge < -0.3 is 9.84 Å². The van der Waals surface area contributed by atoms with Crippen LogP contribution in [0.2, 0.25) is 0 Å². The largest absolute Gasteiger partial charge is 0.476 e. The summed E-state index contributed by atoms with van der Waals surface area (Å²) in [7, 11) is 0. The van der Waals surface area contributed by atoms with Crippen molar-refractivity contribution >= 4 is 28.6 Å². The number of ether oxygens (including phenoxy) is 1. The topological polar surface area (TPSA) is 64.3 Å². The molecule has 0 atom stereocenters. The Bertz CT molecular complexity index is 347. The van der Waals surface area contributed by atoms with E-state index >= 15 is 0 Å². The predicted molar refractivity (Wildman–Crippen MR) is 47.4 cm³/mol. The number of rotatable bonds is 1. The lowest BCUT2D eigenvalue weighted by molar-refractivity contribution is 0.0688. The molecule has 0 radical (unpaired) electrons. The standard InChI is InChI=1S/C6H5IN2O3/c7-3-4(6(10)11)8-9-1-2-12-5(3)9/h1-2H2,(H,10,11). The van der Waals surface area contributed by atoms with Crippen molar-refractivity contribution in [3.63, 3.8) is 0 Å². The van der Waals surface area contributed by atoms with Crippen LogP contribution < -0.4 is 4.74 Å². The lowest BCUT2D eigenvalue weighted by atomic mass is 10.4. The first kappa shape index (κ1) is 7.84. The second kappa shape index (κ2) is 2.61. The Morgan fingerprint density at radius 1 is 1.75 bits per heavy atom. The average molecular weight is 280 g/mol. The highest BCUT2D eigenvalue weighted by Crippen LogP contribution is 2.27. The first-order chi connectivity index (χ1) is 5.70. The molecule has 64 valence electrons.